The van der Waals surface area contributed by atoms with E-state index >= 15 is 0 Å². The van der Waals surface area contributed by atoms with Crippen molar-refractivity contribution in [3.05, 3.63) is 58.7 Å². The second-order valence-corrected chi connectivity index (χ2v) is 6.30. The molecular weight excluding hydrogens is 320 g/mol. The highest BCUT2D eigenvalue weighted by Crippen LogP contribution is 2.30. The van der Waals surface area contributed by atoms with E-state index in [1.54, 1.807) is 19.3 Å². The van der Waals surface area contributed by atoms with Gasteiger partial charge in [-0.15, -0.1) is 0 Å². The van der Waals surface area contributed by atoms with Crippen molar-refractivity contribution >= 4 is 22.8 Å². The van der Waals surface area contributed by atoms with Gasteiger partial charge in [0, 0.05) is 10.9 Å². The Bertz CT molecular complexity index is 967. The standard InChI is InChI=1S/C19H18N2O4/c1-11-15(5-6-24-11)19(23)21-20-18(22)9-14-10-25-17-8-13-4-2-3-12(13)7-16(14)17/h5-8,10H,2-4,9H2,1H3,(H,20,22)(H,21,23). The summed E-state index contributed by atoms with van der Waals surface area (Å²) in [5.41, 5.74) is 9.51. The summed E-state index contributed by atoms with van der Waals surface area (Å²) >= 11 is 0. The average molecular weight is 338 g/mol. The zero-order valence-corrected chi connectivity index (χ0v) is 13.8. The molecule has 25 heavy (non-hydrogen) atoms. The van der Waals surface area contributed by atoms with Gasteiger partial charge in [0.1, 0.15) is 11.3 Å². The molecule has 4 rings (SSSR count). The molecule has 0 saturated carbocycles. The third kappa shape index (κ3) is 2.91. The Kier molecular flexibility index (Phi) is 3.80. The fourth-order valence-electron chi connectivity index (χ4n) is 3.32. The first kappa shape index (κ1) is 15.5. The second-order valence-electron chi connectivity index (χ2n) is 6.30. The number of aryl methyl sites for hydroxylation is 3. The fourth-order valence-corrected chi connectivity index (χ4v) is 3.32. The fraction of sp³-hybridized carbons (Fsp3) is 0.263. The Labute approximate surface area is 144 Å². The van der Waals surface area contributed by atoms with Crippen LogP contribution in [0.25, 0.3) is 11.0 Å². The van der Waals surface area contributed by atoms with E-state index in [-0.39, 0.29) is 12.3 Å². The van der Waals surface area contributed by atoms with Crippen LogP contribution >= 0.6 is 0 Å². The van der Waals surface area contributed by atoms with Crippen LogP contribution in [0.15, 0.2) is 39.6 Å². The molecule has 1 aliphatic rings. The van der Waals surface area contributed by atoms with Gasteiger partial charge in [-0.3, -0.25) is 20.4 Å². The van der Waals surface area contributed by atoms with E-state index in [4.69, 9.17) is 8.83 Å². The van der Waals surface area contributed by atoms with E-state index in [1.807, 2.05) is 0 Å². The first-order valence-electron chi connectivity index (χ1n) is 8.27. The number of rotatable bonds is 3. The molecule has 0 aliphatic heterocycles. The molecule has 0 radical (unpaired) electrons. The summed E-state index contributed by atoms with van der Waals surface area (Å²) < 4.78 is 10.7. The van der Waals surface area contributed by atoms with E-state index in [1.165, 1.54) is 17.4 Å². The zero-order valence-electron chi connectivity index (χ0n) is 13.8. The highest BCUT2D eigenvalue weighted by molar-refractivity contribution is 5.96. The molecular formula is C19H18N2O4. The smallest absolute Gasteiger partial charge is 0.273 e. The van der Waals surface area contributed by atoms with Gasteiger partial charge in [-0.05, 0) is 55.5 Å². The maximum atomic E-state index is 12.2. The van der Waals surface area contributed by atoms with E-state index in [2.05, 4.69) is 23.0 Å². The van der Waals surface area contributed by atoms with E-state index in [9.17, 15) is 9.59 Å². The summed E-state index contributed by atoms with van der Waals surface area (Å²) in [7, 11) is 0. The van der Waals surface area contributed by atoms with Crippen molar-refractivity contribution in [2.45, 2.75) is 32.6 Å². The van der Waals surface area contributed by atoms with Gasteiger partial charge in [0.2, 0.25) is 5.91 Å². The number of carbonyl (C=O) groups is 2. The highest BCUT2D eigenvalue weighted by Gasteiger charge is 2.17. The SMILES string of the molecule is Cc1occc1C(=O)NNC(=O)Cc1coc2cc3c(cc12)CCC3. The van der Waals surface area contributed by atoms with Gasteiger partial charge in [-0.2, -0.15) is 0 Å². The quantitative estimate of drug-likeness (QED) is 0.719. The maximum Gasteiger partial charge on any atom is 0.273 e. The molecule has 3 aromatic rings. The Morgan fingerprint density at radius 1 is 1.12 bits per heavy atom. The van der Waals surface area contributed by atoms with Crippen LogP contribution < -0.4 is 10.9 Å². The summed E-state index contributed by atoms with van der Waals surface area (Å²) in [5, 5.41) is 0.966. The van der Waals surface area contributed by atoms with Gasteiger partial charge in [-0.1, -0.05) is 0 Å². The molecule has 0 unspecified atom stereocenters. The van der Waals surface area contributed by atoms with Crippen molar-refractivity contribution < 1.29 is 18.4 Å². The van der Waals surface area contributed by atoms with Crippen LogP contribution in [0.4, 0.5) is 0 Å². The largest absolute Gasteiger partial charge is 0.469 e. The molecule has 2 heterocycles. The number of hydrogen-bond acceptors (Lipinski definition) is 4. The number of nitrogens with one attached hydrogen (secondary N) is 2. The first-order chi connectivity index (χ1) is 12.1. The number of furan rings is 2. The third-order valence-corrected chi connectivity index (χ3v) is 4.64. The van der Waals surface area contributed by atoms with Crippen molar-refractivity contribution in [2.24, 2.45) is 0 Å². The van der Waals surface area contributed by atoms with E-state index < -0.39 is 5.91 Å². The zero-order chi connectivity index (χ0) is 17.4. The number of hydrogen-bond donors (Lipinski definition) is 2. The van der Waals surface area contributed by atoms with Crippen LogP contribution in [0.3, 0.4) is 0 Å². The topological polar surface area (TPSA) is 84.5 Å². The molecule has 128 valence electrons. The van der Waals surface area contributed by atoms with Crippen molar-refractivity contribution in [2.75, 3.05) is 0 Å². The lowest BCUT2D eigenvalue weighted by atomic mass is 10.0. The minimum absolute atomic E-state index is 0.135. The highest BCUT2D eigenvalue weighted by atomic mass is 16.3. The Balaban J connectivity index is 1.43. The molecule has 2 aromatic heterocycles. The molecule has 0 bridgehead atoms. The van der Waals surface area contributed by atoms with Gasteiger partial charge < -0.3 is 8.83 Å². The van der Waals surface area contributed by atoms with Crippen LogP contribution in [0.1, 0.15) is 39.2 Å². The normalized spacial score (nSPS) is 13.0. The minimum atomic E-state index is -0.408. The third-order valence-electron chi connectivity index (χ3n) is 4.64. The summed E-state index contributed by atoms with van der Waals surface area (Å²) in [4.78, 5) is 24.1. The number of amides is 2. The molecule has 2 amide bonds. The van der Waals surface area contributed by atoms with Gasteiger partial charge in [0.15, 0.2) is 0 Å². The molecule has 2 N–H and O–H groups in total. The Morgan fingerprint density at radius 2 is 1.92 bits per heavy atom. The predicted molar refractivity (Wildman–Crippen MR) is 91.0 cm³/mol. The Morgan fingerprint density at radius 3 is 2.68 bits per heavy atom. The van der Waals surface area contributed by atoms with Gasteiger partial charge in [0.25, 0.3) is 5.91 Å². The van der Waals surface area contributed by atoms with Crippen molar-refractivity contribution in [3.63, 3.8) is 0 Å². The van der Waals surface area contributed by atoms with Crippen LogP contribution in [-0.4, -0.2) is 11.8 Å². The average Bonchev–Trinajstić information content (AvgIpc) is 3.31. The Hall–Kier alpha value is -3.02. The van der Waals surface area contributed by atoms with Gasteiger partial charge >= 0.3 is 0 Å². The molecule has 1 aromatic carbocycles. The van der Waals surface area contributed by atoms with E-state index in [0.29, 0.717) is 11.3 Å². The molecule has 0 atom stereocenters. The lowest BCUT2D eigenvalue weighted by Crippen LogP contribution is -2.42. The lowest BCUT2D eigenvalue weighted by molar-refractivity contribution is -0.121. The van der Waals surface area contributed by atoms with E-state index in [0.717, 1.165) is 35.8 Å². The number of benzene rings is 1. The summed E-state index contributed by atoms with van der Waals surface area (Å²) in [6.07, 6.45) is 6.50. The molecule has 6 heteroatoms. The summed E-state index contributed by atoms with van der Waals surface area (Å²) in [6.45, 7) is 1.69. The second kappa shape index (κ2) is 6.12. The van der Waals surface area contributed by atoms with Gasteiger partial charge in [-0.25, -0.2) is 0 Å². The van der Waals surface area contributed by atoms with Crippen molar-refractivity contribution in [1.82, 2.24) is 10.9 Å². The monoisotopic (exact) mass is 338 g/mol. The van der Waals surface area contributed by atoms with Crippen molar-refractivity contribution in [1.29, 1.82) is 0 Å². The van der Waals surface area contributed by atoms with Gasteiger partial charge in [0.05, 0.1) is 24.5 Å². The molecule has 6 nitrogen and oxygen atoms in total. The number of fused-ring (bicyclic) bond motifs is 2. The lowest BCUT2D eigenvalue weighted by Gasteiger charge is -2.06. The summed E-state index contributed by atoms with van der Waals surface area (Å²) in [6, 6.07) is 5.75. The molecule has 0 fully saturated rings. The van der Waals surface area contributed by atoms with Crippen molar-refractivity contribution in [3.8, 4) is 0 Å². The predicted octanol–water partition coefficient (Wildman–Crippen LogP) is 2.83. The van der Waals surface area contributed by atoms with Crippen LogP contribution in [0.5, 0.6) is 0 Å². The number of carbonyl (C=O) groups excluding carboxylic acids is 2. The molecule has 0 spiro atoms. The number of hydrazine groups is 1. The first-order valence-corrected chi connectivity index (χ1v) is 8.27. The minimum Gasteiger partial charge on any atom is -0.469 e. The van der Waals surface area contributed by atoms with Crippen LogP contribution in [0.2, 0.25) is 0 Å². The van der Waals surface area contributed by atoms with Crippen LogP contribution in [-0.2, 0) is 24.1 Å². The summed E-state index contributed by atoms with van der Waals surface area (Å²) in [5.74, 6) is -0.214. The van der Waals surface area contributed by atoms with Crippen LogP contribution in [0, 0.1) is 6.92 Å². The molecule has 0 saturated heterocycles. The molecule has 1 aliphatic carbocycles. The maximum absolute atomic E-state index is 12.2.